The Balaban J connectivity index is 1.50. The van der Waals surface area contributed by atoms with Crippen LogP contribution in [0.4, 0.5) is 0 Å². The summed E-state index contributed by atoms with van der Waals surface area (Å²) in [4.78, 5) is 26.9. The summed E-state index contributed by atoms with van der Waals surface area (Å²) in [5.41, 5.74) is 8.74. The summed E-state index contributed by atoms with van der Waals surface area (Å²) in [5.74, 6) is 2.54. The van der Waals surface area contributed by atoms with Gasteiger partial charge in [-0.3, -0.25) is 4.79 Å². The molecule has 0 aromatic rings. The van der Waals surface area contributed by atoms with Gasteiger partial charge in [0.1, 0.15) is 11.9 Å². The van der Waals surface area contributed by atoms with Gasteiger partial charge in [-0.2, -0.15) is 4.79 Å². The minimum atomic E-state index is -0.548. The minimum absolute atomic E-state index is 0.0548. The molecular formula is C21H30N2O3. The molecule has 0 aromatic heterocycles. The van der Waals surface area contributed by atoms with Crippen LogP contribution in [0.25, 0.3) is 5.53 Å². The van der Waals surface area contributed by atoms with Gasteiger partial charge in [-0.1, -0.05) is 13.8 Å². The first-order valence-electron chi connectivity index (χ1n) is 10.3. The van der Waals surface area contributed by atoms with Gasteiger partial charge in [0.25, 0.3) is 0 Å². The molecule has 0 spiro atoms. The van der Waals surface area contributed by atoms with Gasteiger partial charge in [0.15, 0.2) is 0 Å². The first-order chi connectivity index (χ1) is 12.4. The number of hydrogen-bond donors (Lipinski definition) is 0. The molecule has 4 aliphatic rings. The Morgan fingerprint density at radius 1 is 1.15 bits per heavy atom. The van der Waals surface area contributed by atoms with E-state index in [2.05, 4.69) is 18.6 Å². The van der Waals surface area contributed by atoms with Crippen LogP contribution in [-0.4, -0.2) is 28.9 Å². The molecule has 0 aromatic carbocycles. The lowest BCUT2D eigenvalue weighted by molar-refractivity contribution is -0.158. The van der Waals surface area contributed by atoms with Gasteiger partial charge in [-0.25, -0.2) is 4.79 Å². The molecule has 0 saturated heterocycles. The van der Waals surface area contributed by atoms with Crippen LogP contribution in [0, 0.1) is 34.5 Å². The second-order valence-electron chi connectivity index (χ2n) is 9.65. The Labute approximate surface area is 155 Å². The number of Topliss-reactive ketones (excluding diaryl/α,β-unsaturated/α-hetero) is 1. The third-order valence-electron chi connectivity index (χ3n) is 8.77. The van der Waals surface area contributed by atoms with Crippen LogP contribution in [-0.2, 0) is 14.3 Å². The van der Waals surface area contributed by atoms with Crippen LogP contribution >= 0.6 is 0 Å². The number of hydrogen-bond acceptors (Lipinski definition) is 3. The lowest BCUT2D eigenvalue weighted by Gasteiger charge is -2.60. The summed E-state index contributed by atoms with van der Waals surface area (Å²) in [5, 5.41) is 0. The number of ether oxygens (including phenoxy) is 1. The van der Waals surface area contributed by atoms with Crippen LogP contribution in [0.5, 0.6) is 0 Å². The number of nitrogens with zero attached hydrogens (tertiary/aromatic N) is 2. The number of carbonyl (C=O) groups excluding carboxylic acids is 2. The van der Waals surface area contributed by atoms with E-state index in [-0.39, 0.29) is 11.5 Å². The van der Waals surface area contributed by atoms with Crippen LogP contribution in [0.15, 0.2) is 0 Å². The Morgan fingerprint density at radius 3 is 2.73 bits per heavy atom. The van der Waals surface area contributed by atoms with Gasteiger partial charge in [0.05, 0.1) is 0 Å². The fourth-order valence-electron chi connectivity index (χ4n) is 7.34. The average molecular weight is 358 g/mol. The molecule has 5 heteroatoms. The van der Waals surface area contributed by atoms with Crippen molar-refractivity contribution in [2.75, 3.05) is 0 Å². The maximum absolute atomic E-state index is 12.5. The zero-order chi connectivity index (χ0) is 18.5. The monoisotopic (exact) mass is 358 g/mol. The van der Waals surface area contributed by atoms with E-state index < -0.39 is 5.97 Å². The first kappa shape index (κ1) is 17.9. The second-order valence-corrected chi connectivity index (χ2v) is 9.65. The van der Waals surface area contributed by atoms with Crippen molar-refractivity contribution in [1.82, 2.24) is 0 Å². The molecule has 4 fully saturated rings. The largest absolute Gasteiger partial charge is 0.454 e. The lowest BCUT2D eigenvalue weighted by Crippen LogP contribution is -2.54. The SMILES string of the molecule is C[C@]12CC[C@H](OC(=O)C=[N+]=[N-])C[C@@H]1CC[C@@H]1[C@@H]2CC[C@]2(C)C(=O)CC[C@@H]12. The molecular weight excluding hydrogens is 328 g/mol. The molecule has 26 heavy (non-hydrogen) atoms. The van der Waals surface area contributed by atoms with Crippen molar-refractivity contribution in [3.8, 4) is 0 Å². The number of carbonyl (C=O) groups is 2. The van der Waals surface area contributed by atoms with Crippen molar-refractivity contribution in [3.05, 3.63) is 5.53 Å². The molecule has 4 saturated carbocycles. The molecule has 4 rings (SSSR count). The highest BCUT2D eigenvalue weighted by molar-refractivity contribution is 6.20. The Kier molecular flexibility index (Phi) is 4.34. The Morgan fingerprint density at radius 2 is 1.96 bits per heavy atom. The van der Waals surface area contributed by atoms with Crippen molar-refractivity contribution in [3.63, 3.8) is 0 Å². The number of ketones is 1. The standard InChI is InChI=1S/C21H30N2O3/c1-20-9-7-14(26-19(25)12-23-22)11-13(20)3-4-15-16-5-6-18(24)21(16,2)10-8-17(15)20/h12-17H,3-11H2,1-2H3/t13-,14-,15-,16-,17-,20-,21-/m0/s1. The molecule has 142 valence electrons. The zero-order valence-corrected chi connectivity index (χ0v) is 15.9. The van der Waals surface area contributed by atoms with Gasteiger partial charge in [-0.05, 0) is 80.5 Å². The number of rotatable bonds is 2. The summed E-state index contributed by atoms with van der Waals surface area (Å²) < 4.78 is 5.47. The van der Waals surface area contributed by atoms with Gasteiger partial charge in [0.2, 0.25) is 0 Å². The highest BCUT2D eigenvalue weighted by Gasteiger charge is 2.60. The van der Waals surface area contributed by atoms with Gasteiger partial charge in [-0.15, -0.1) is 0 Å². The first-order valence-corrected chi connectivity index (χ1v) is 10.3. The fourth-order valence-corrected chi connectivity index (χ4v) is 7.34. The van der Waals surface area contributed by atoms with E-state index in [0.29, 0.717) is 34.9 Å². The molecule has 7 atom stereocenters. The van der Waals surface area contributed by atoms with Gasteiger partial charge < -0.3 is 10.3 Å². The maximum Gasteiger partial charge on any atom is 0.413 e. The number of esters is 1. The quantitative estimate of drug-likeness (QED) is 0.326. The van der Waals surface area contributed by atoms with Crippen LogP contribution in [0.3, 0.4) is 0 Å². The van der Waals surface area contributed by atoms with E-state index in [0.717, 1.165) is 44.7 Å². The summed E-state index contributed by atoms with van der Waals surface area (Å²) in [6.45, 7) is 4.69. The molecule has 0 radical (unpaired) electrons. The van der Waals surface area contributed by atoms with E-state index in [1.807, 2.05) is 0 Å². The normalized spacial score (nSPS) is 47.2. The summed E-state index contributed by atoms with van der Waals surface area (Å²) in [6.07, 6.45) is 10.2. The second kappa shape index (κ2) is 6.30. The highest BCUT2D eigenvalue weighted by atomic mass is 16.5. The van der Waals surface area contributed by atoms with E-state index >= 15 is 0 Å². The average Bonchev–Trinajstić information content (AvgIpc) is 2.91. The predicted molar refractivity (Wildman–Crippen MR) is 96.3 cm³/mol. The maximum atomic E-state index is 12.5. The van der Waals surface area contributed by atoms with Crippen LogP contribution < -0.4 is 0 Å². The summed E-state index contributed by atoms with van der Waals surface area (Å²) >= 11 is 0. The van der Waals surface area contributed by atoms with Crippen molar-refractivity contribution >= 4 is 18.0 Å². The Bertz CT molecular complexity index is 670. The molecule has 4 aliphatic carbocycles. The molecule has 5 nitrogen and oxygen atoms in total. The minimum Gasteiger partial charge on any atom is -0.454 e. The lowest BCUT2D eigenvalue weighted by atomic mass is 9.45. The Hall–Kier alpha value is -1.48. The van der Waals surface area contributed by atoms with Crippen molar-refractivity contribution < 1.29 is 19.1 Å². The molecule has 0 N–H and O–H groups in total. The third-order valence-corrected chi connectivity index (χ3v) is 8.77. The van der Waals surface area contributed by atoms with Crippen molar-refractivity contribution in [2.45, 2.75) is 77.7 Å². The van der Waals surface area contributed by atoms with Gasteiger partial charge in [0, 0.05) is 11.8 Å². The smallest absolute Gasteiger partial charge is 0.413 e. The van der Waals surface area contributed by atoms with E-state index in [9.17, 15) is 9.59 Å². The molecule has 0 heterocycles. The van der Waals surface area contributed by atoms with E-state index in [1.165, 1.54) is 19.3 Å². The van der Waals surface area contributed by atoms with Gasteiger partial charge >= 0.3 is 12.2 Å². The van der Waals surface area contributed by atoms with Crippen LogP contribution in [0.2, 0.25) is 0 Å². The van der Waals surface area contributed by atoms with Crippen molar-refractivity contribution in [2.24, 2.45) is 34.5 Å². The predicted octanol–water partition coefficient (Wildman–Crippen LogP) is 3.81. The fraction of sp³-hybridized carbons (Fsp3) is 0.857. The van der Waals surface area contributed by atoms with E-state index in [4.69, 9.17) is 10.3 Å². The molecule has 0 amide bonds. The molecule has 0 unspecified atom stereocenters. The van der Waals surface area contributed by atoms with Crippen molar-refractivity contribution in [1.29, 1.82) is 0 Å². The molecule has 0 aliphatic heterocycles. The zero-order valence-electron chi connectivity index (χ0n) is 15.9. The molecule has 0 bridgehead atoms. The topological polar surface area (TPSA) is 79.8 Å². The summed E-state index contributed by atoms with van der Waals surface area (Å²) in [6, 6.07) is 0. The van der Waals surface area contributed by atoms with Crippen LogP contribution in [0.1, 0.15) is 71.6 Å². The van der Waals surface area contributed by atoms with E-state index in [1.54, 1.807) is 0 Å². The highest BCUT2D eigenvalue weighted by Crippen LogP contribution is 2.65. The summed E-state index contributed by atoms with van der Waals surface area (Å²) in [7, 11) is 0. The number of fused-ring (bicyclic) bond motifs is 5. The third kappa shape index (κ3) is 2.58.